The molecule has 0 aromatic heterocycles. The molecular weight excluding hydrogens is 234 g/mol. The molecule has 2 saturated carbocycles. The van der Waals surface area contributed by atoms with Gasteiger partial charge in [-0.15, -0.1) is 0 Å². The number of aliphatic hydroxyl groups is 1. The van der Waals surface area contributed by atoms with E-state index in [0.717, 1.165) is 0 Å². The Bertz CT molecular complexity index is 281. The summed E-state index contributed by atoms with van der Waals surface area (Å²) < 4.78 is 0. The van der Waals surface area contributed by atoms with E-state index in [1.165, 1.54) is 25.7 Å². The third kappa shape index (κ3) is 3.16. The zero-order valence-electron chi connectivity index (χ0n) is 10.7. The molecule has 2 N–H and O–H groups in total. The second kappa shape index (κ2) is 5.19. The molecule has 2 aliphatic rings. The summed E-state index contributed by atoms with van der Waals surface area (Å²) in [7, 11) is 0. The molecule has 4 heteroatoms. The molecule has 0 bridgehead atoms. The molecule has 98 valence electrons. The van der Waals surface area contributed by atoms with Gasteiger partial charge in [-0.1, -0.05) is 12.8 Å². The molecule has 2 fully saturated rings. The maximum atomic E-state index is 12.0. The van der Waals surface area contributed by atoms with Crippen LogP contribution in [0.2, 0.25) is 0 Å². The van der Waals surface area contributed by atoms with Crippen LogP contribution in [-0.4, -0.2) is 35.2 Å². The summed E-state index contributed by atoms with van der Waals surface area (Å²) in [6.07, 6.45) is 6.99. The topological polar surface area (TPSA) is 49.3 Å². The molecule has 0 aromatic rings. The van der Waals surface area contributed by atoms with E-state index in [2.05, 4.69) is 5.32 Å². The minimum absolute atomic E-state index is 0.170. The van der Waals surface area contributed by atoms with Crippen molar-refractivity contribution in [1.29, 1.82) is 0 Å². The van der Waals surface area contributed by atoms with Crippen LogP contribution in [0.25, 0.3) is 0 Å². The lowest BCUT2D eigenvalue weighted by molar-refractivity contribution is -0.123. The fourth-order valence-electron chi connectivity index (χ4n) is 3.14. The Labute approximate surface area is 108 Å². The van der Waals surface area contributed by atoms with E-state index < -0.39 is 5.60 Å². The first-order valence-corrected chi connectivity index (χ1v) is 7.93. The van der Waals surface area contributed by atoms with E-state index in [0.29, 0.717) is 24.1 Å². The highest BCUT2D eigenvalue weighted by Crippen LogP contribution is 2.55. The molecule has 1 amide bonds. The van der Waals surface area contributed by atoms with Gasteiger partial charge in [0.25, 0.3) is 0 Å². The number of thioether (sulfide) groups is 1. The van der Waals surface area contributed by atoms with Gasteiger partial charge in [-0.05, 0) is 37.9 Å². The first-order valence-electron chi connectivity index (χ1n) is 6.54. The predicted octanol–water partition coefficient (Wildman–Crippen LogP) is 1.65. The van der Waals surface area contributed by atoms with Crippen molar-refractivity contribution in [3.63, 3.8) is 0 Å². The van der Waals surface area contributed by atoms with Crippen molar-refractivity contribution in [2.24, 2.45) is 17.8 Å². The smallest absolute Gasteiger partial charge is 0.223 e. The third-order valence-electron chi connectivity index (χ3n) is 4.06. The van der Waals surface area contributed by atoms with E-state index in [1.807, 2.05) is 6.26 Å². The molecule has 2 rings (SSSR count). The first-order chi connectivity index (χ1) is 8.05. The van der Waals surface area contributed by atoms with Crippen LogP contribution < -0.4 is 5.32 Å². The Morgan fingerprint density at radius 1 is 1.41 bits per heavy atom. The van der Waals surface area contributed by atoms with Crippen molar-refractivity contribution in [2.75, 3.05) is 18.6 Å². The van der Waals surface area contributed by atoms with Crippen LogP contribution in [0.4, 0.5) is 0 Å². The fraction of sp³-hybridized carbons (Fsp3) is 0.923. The number of carbonyl (C=O) groups is 1. The summed E-state index contributed by atoms with van der Waals surface area (Å²) in [6, 6.07) is 0. The number of hydrogen-bond donors (Lipinski definition) is 2. The lowest BCUT2D eigenvalue weighted by Crippen LogP contribution is -2.43. The number of fused-ring (bicyclic) bond motifs is 1. The van der Waals surface area contributed by atoms with Crippen LogP contribution in [0.5, 0.6) is 0 Å². The summed E-state index contributed by atoms with van der Waals surface area (Å²) in [6.45, 7) is 2.16. The van der Waals surface area contributed by atoms with Gasteiger partial charge < -0.3 is 10.4 Å². The Morgan fingerprint density at radius 2 is 2.00 bits per heavy atom. The number of hydrogen-bond acceptors (Lipinski definition) is 3. The van der Waals surface area contributed by atoms with E-state index in [1.54, 1.807) is 18.7 Å². The number of amides is 1. The Kier molecular flexibility index (Phi) is 4.03. The molecule has 0 heterocycles. The second-order valence-electron chi connectivity index (χ2n) is 5.79. The highest BCUT2D eigenvalue weighted by Gasteiger charge is 2.54. The Morgan fingerprint density at radius 3 is 2.53 bits per heavy atom. The minimum atomic E-state index is -0.783. The van der Waals surface area contributed by atoms with E-state index in [4.69, 9.17) is 0 Å². The van der Waals surface area contributed by atoms with Crippen LogP contribution in [0.15, 0.2) is 0 Å². The SMILES string of the molecule is CSCC(C)(O)CNC(=O)C1C2CCCCC21. The zero-order chi connectivity index (χ0) is 12.5. The van der Waals surface area contributed by atoms with Gasteiger partial charge in [0.05, 0.1) is 5.60 Å². The standard InChI is InChI=1S/C13H23NO2S/c1-13(16,8-17-2)7-14-12(15)11-9-5-3-4-6-10(9)11/h9-11,16H,3-8H2,1-2H3,(H,14,15). The van der Waals surface area contributed by atoms with Gasteiger partial charge >= 0.3 is 0 Å². The molecule has 3 atom stereocenters. The van der Waals surface area contributed by atoms with Crippen LogP contribution >= 0.6 is 11.8 Å². The molecule has 3 nitrogen and oxygen atoms in total. The van der Waals surface area contributed by atoms with Crippen LogP contribution in [0.3, 0.4) is 0 Å². The Hall–Kier alpha value is -0.220. The quantitative estimate of drug-likeness (QED) is 0.787. The van der Waals surface area contributed by atoms with E-state index in [9.17, 15) is 9.90 Å². The maximum absolute atomic E-state index is 12.0. The second-order valence-corrected chi connectivity index (χ2v) is 6.65. The summed E-state index contributed by atoms with van der Waals surface area (Å²) in [5.41, 5.74) is -0.783. The van der Waals surface area contributed by atoms with Crippen LogP contribution in [-0.2, 0) is 4.79 Å². The van der Waals surface area contributed by atoms with Crippen molar-refractivity contribution in [2.45, 2.75) is 38.2 Å². The number of rotatable bonds is 5. The average molecular weight is 257 g/mol. The van der Waals surface area contributed by atoms with Crippen molar-refractivity contribution in [3.8, 4) is 0 Å². The molecule has 3 unspecified atom stereocenters. The first kappa shape index (κ1) is 13.2. The molecule has 0 aliphatic heterocycles. The van der Waals surface area contributed by atoms with E-state index in [-0.39, 0.29) is 11.8 Å². The van der Waals surface area contributed by atoms with Gasteiger partial charge in [0.1, 0.15) is 0 Å². The van der Waals surface area contributed by atoms with Gasteiger partial charge in [0.15, 0.2) is 0 Å². The van der Waals surface area contributed by atoms with Crippen molar-refractivity contribution < 1.29 is 9.90 Å². The summed E-state index contributed by atoms with van der Waals surface area (Å²) in [5, 5.41) is 12.9. The summed E-state index contributed by atoms with van der Waals surface area (Å²) in [4.78, 5) is 12.0. The normalized spacial score (nSPS) is 34.6. The van der Waals surface area contributed by atoms with Gasteiger partial charge in [-0.25, -0.2) is 0 Å². The fourth-order valence-corrected chi connectivity index (χ4v) is 3.86. The molecule has 17 heavy (non-hydrogen) atoms. The largest absolute Gasteiger partial charge is 0.387 e. The number of carbonyl (C=O) groups excluding carboxylic acids is 1. The molecule has 0 spiro atoms. The average Bonchev–Trinajstić information content (AvgIpc) is 3.00. The Balaban J connectivity index is 1.75. The highest BCUT2D eigenvalue weighted by molar-refractivity contribution is 7.98. The highest BCUT2D eigenvalue weighted by atomic mass is 32.2. The summed E-state index contributed by atoms with van der Waals surface area (Å²) in [5.74, 6) is 2.37. The van der Waals surface area contributed by atoms with Crippen LogP contribution in [0, 0.1) is 17.8 Å². The lowest BCUT2D eigenvalue weighted by atomic mass is 10.0. The van der Waals surface area contributed by atoms with Crippen molar-refractivity contribution >= 4 is 17.7 Å². The third-order valence-corrected chi connectivity index (χ3v) is 4.97. The summed E-state index contributed by atoms with van der Waals surface area (Å²) >= 11 is 1.60. The van der Waals surface area contributed by atoms with Gasteiger partial charge in [0, 0.05) is 18.2 Å². The van der Waals surface area contributed by atoms with Gasteiger partial charge in [0.2, 0.25) is 5.91 Å². The zero-order valence-corrected chi connectivity index (χ0v) is 11.6. The molecule has 0 aromatic carbocycles. The number of nitrogens with one attached hydrogen (secondary N) is 1. The maximum Gasteiger partial charge on any atom is 0.223 e. The molecule has 0 radical (unpaired) electrons. The predicted molar refractivity (Wildman–Crippen MR) is 71.0 cm³/mol. The van der Waals surface area contributed by atoms with Gasteiger partial charge in [-0.3, -0.25) is 4.79 Å². The van der Waals surface area contributed by atoms with Crippen molar-refractivity contribution in [1.82, 2.24) is 5.32 Å². The van der Waals surface area contributed by atoms with Crippen LogP contribution in [0.1, 0.15) is 32.6 Å². The minimum Gasteiger partial charge on any atom is -0.387 e. The van der Waals surface area contributed by atoms with E-state index >= 15 is 0 Å². The molecular formula is C13H23NO2S. The van der Waals surface area contributed by atoms with Crippen molar-refractivity contribution in [3.05, 3.63) is 0 Å². The van der Waals surface area contributed by atoms with Gasteiger partial charge in [-0.2, -0.15) is 11.8 Å². The molecule has 2 aliphatic carbocycles. The molecule has 0 saturated heterocycles. The lowest BCUT2D eigenvalue weighted by Gasteiger charge is -2.22. The monoisotopic (exact) mass is 257 g/mol.